The summed E-state index contributed by atoms with van der Waals surface area (Å²) < 4.78 is 6.21. The van der Waals surface area contributed by atoms with Crippen molar-refractivity contribution in [3.8, 4) is 11.8 Å². The third kappa shape index (κ3) is 3.97. The highest BCUT2D eigenvalue weighted by Crippen LogP contribution is 2.40. The molecule has 2 saturated heterocycles. The molecule has 2 bridgehead atoms. The summed E-state index contributed by atoms with van der Waals surface area (Å²) in [6.07, 6.45) is 4.38. The van der Waals surface area contributed by atoms with Gasteiger partial charge in [0.15, 0.2) is 5.78 Å². The fraction of sp³-hybridized carbons (Fsp3) is 0.417. The Labute approximate surface area is 177 Å². The van der Waals surface area contributed by atoms with E-state index in [4.69, 9.17) is 21.6 Å². The second kappa shape index (κ2) is 8.08. The normalized spacial score (nSPS) is 23.1. The number of ketones is 1. The first-order valence-corrected chi connectivity index (χ1v) is 10.6. The van der Waals surface area contributed by atoms with Crippen LogP contribution < -0.4 is 9.64 Å². The van der Waals surface area contributed by atoms with Gasteiger partial charge in [-0.15, -0.1) is 0 Å². The van der Waals surface area contributed by atoms with Crippen LogP contribution in [0.4, 0.5) is 5.69 Å². The number of hydrogen-bond donors (Lipinski definition) is 0. The zero-order valence-corrected chi connectivity index (χ0v) is 17.5. The standard InChI is InChI=1S/C24H25ClN2O2/c1-15(2)24(28)16-3-6-18(7-4-16)27-19-8-9-20(27)12-22(11-19)29-21-10-5-17(14-26)23(25)13-21/h3-7,10,13,15,19-20,22H,8-9,11-12H2,1-2H3. The van der Waals surface area contributed by atoms with Gasteiger partial charge in [-0.25, -0.2) is 0 Å². The number of fused-ring (bicyclic) bond motifs is 2. The van der Waals surface area contributed by atoms with E-state index >= 15 is 0 Å². The predicted octanol–water partition coefficient (Wildman–Crippen LogP) is 5.63. The van der Waals surface area contributed by atoms with E-state index in [1.807, 2.05) is 32.0 Å². The lowest BCUT2D eigenvalue weighted by Gasteiger charge is -2.40. The summed E-state index contributed by atoms with van der Waals surface area (Å²) in [5.41, 5.74) is 2.44. The lowest BCUT2D eigenvalue weighted by molar-refractivity contribution is 0.0939. The fourth-order valence-corrected chi connectivity index (χ4v) is 4.84. The number of Topliss-reactive ketones (excluding diaryl/α,β-unsaturated/α-hetero) is 1. The van der Waals surface area contributed by atoms with Crippen LogP contribution in [0.25, 0.3) is 0 Å². The highest BCUT2D eigenvalue weighted by molar-refractivity contribution is 6.31. The molecular weight excluding hydrogens is 384 g/mol. The highest BCUT2D eigenvalue weighted by atomic mass is 35.5. The van der Waals surface area contributed by atoms with Crippen molar-refractivity contribution in [3.05, 3.63) is 58.6 Å². The SMILES string of the molecule is CC(C)C(=O)c1ccc(N2C3CCC2CC(Oc2ccc(C#N)c(Cl)c2)C3)cc1. The first-order valence-electron chi connectivity index (χ1n) is 10.2. The minimum absolute atomic E-state index is 0.0145. The summed E-state index contributed by atoms with van der Waals surface area (Å²) in [6.45, 7) is 3.87. The zero-order valence-electron chi connectivity index (χ0n) is 16.8. The number of benzene rings is 2. The smallest absolute Gasteiger partial charge is 0.165 e. The summed E-state index contributed by atoms with van der Waals surface area (Å²) >= 11 is 6.14. The Morgan fingerprint density at radius 2 is 1.79 bits per heavy atom. The van der Waals surface area contributed by atoms with Crippen molar-refractivity contribution < 1.29 is 9.53 Å². The van der Waals surface area contributed by atoms with Gasteiger partial charge >= 0.3 is 0 Å². The van der Waals surface area contributed by atoms with Crippen LogP contribution in [0.2, 0.25) is 5.02 Å². The molecule has 0 radical (unpaired) electrons. The van der Waals surface area contributed by atoms with Crippen LogP contribution in [0.3, 0.4) is 0 Å². The topological polar surface area (TPSA) is 53.3 Å². The van der Waals surface area contributed by atoms with Crippen molar-refractivity contribution in [1.82, 2.24) is 0 Å². The Kier molecular flexibility index (Phi) is 5.52. The van der Waals surface area contributed by atoms with Crippen LogP contribution in [0, 0.1) is 17.2 Å². The third-order valence-corrected chi connectivity index (χ3v) is 6.34. The Hall–Kier alpha value is -2.51. The van der Waals surface area contributed by atoms with Crippen molar-refractivity contribution in [1.29, 1.82) is 5.26 Å². The number of nitriles is 1. The number of nitrogens with zero attached hydrogens (tertiary/aromatic N) is 2. The minimum atomic E-state index is 0.0145. The number of rotatable bonds is 5. The quantitative estimate of drug-likeness (QED) is 0.601. The zero-order chi connectivity index (χ0) is 20.5. The van der Waals surface area contributed by atoms with Gasteiger partial charge in [-0.3, -0.25) is 4.79 Å². The number of hydrogen-bond acceptors (Lipinski definition) is 4. The largest absolute Gasteiger partial charge is 0.490 e. The van der Waals surface area contributed by atoms with E-state index in [0.29, 0.717) is 22.7 Å². The molecule has 2 fully saturated rings. The van der Waals surface area contributed by atoms with Crippen molar-refractivity contribution in [3.63, 3.8) is 0 Å². The molecule has 4 nitrogen and oxygen atoms in total. The van der Waals surface area contributed by atoms with E-state index in [-0.39, 0.29) is 17.8 Å². The van der Waals surface area contributed by atoms with E-state index in [1.165, 1.54) is 5.69 Å². The summed E-state index contributed by atoms with van der Waals surface area (Å²) in [5, 5.41) is 9.45. The summed E-state index contributed by atoms with van der Waals surface area (Å²) in [4.78, 5) is 14.7. The number of anilines is 1. The average Bonchev–Trinajstić information content (AvgIpc) is 2.98. The molecule has 2 heterocycles. The predicted molar refractivity (Wildman–Crippen MR) is 115 cm³/mol. The van der Waals surface area contributed by atoms with Gasteiger partial charge in [-0.1, -0.05) is 25.4 Å². The summed E-state index contributed by atoms with van der Waals surface area (Å²) in [6, 6.07) is 16.3. The van der Waals surface area contributed by atoms with Gasteiger partial charge in [-0.2, -0.15) is 5.26 Å². The molecule has 2 aliphatic rings. The lowest BCUT2D eigenvalue weighted by Crippen LogP contribution is -2.46. The maximum absolute atomic E-state index is 12.2. The van der Waals surface area contributed by atoms with Crippen LogP contribution in [0.5, 0.6) is 5.75 Å². The Bertz CT molecular complexity index is 934. The van der Waals surface area contributed by atoms with Crippen molar-refractivity contribution in [2.45, 2.75) is 57.7 Å². The molecule has 2 aromatic rings. The first-order chi connectivity index (χ1) is 14.0. The molecule has 4 rings (SSSR count). The molecule has 0 N–H and O–H groups in total. The molecule has 2 unspecified atom stereocenters. The fourth-order valence-electron chi connectivity index (χ4n) is 4.63. The Morgan fingerprint density at radius 1 is 1.14 bits per heavy atom. The van der Waals surface area contributed by atoms with Crippen LogP contribution in [0.15, 0.2) is 42.5 Å². The van der Waals surface area contributed by atoms with Gasteiger partial charge in [-0.05, 0) is 49.2 Å². The second-order valence-electron chi connectivity index (χ2n) is 8.32. The first kappa shape index (κ1) is 19.8. The van der Waals surface area contributed by atoms with E-state index in [2.05, 4.69) is 23.1 Å². The van der Waals surface area contributed by atoms with E-state index in [1.54, 1.807) is 12.1 Å². The van der Waals surface area contributed by atoms with E-state index in [0.717, 1.165) is 37.0 Å². The van der Waals surface area contributed by atoms with E-state index < -0.39 is 0 Å². The van der Waals surface area contributed by atoms with Crippen LogP contribution >= 0.6 is 11.6 Å². The molecule has 0 amide bonds. The third-order valence-electron chi connectivity index (χ3n) is 6.03. The van der Waals surface area contributed by atoms with Gasteiger partial charge in [0.1, 0.15) is 17.9 Å². The average molecular weight is 409 g/mol. The molecule has 5 heteroatoms. The van der Waals surface area contributed by atoms with Crippen molar-refractivity contribution in [2.75, 3.05) is 4.90 Å². The Balaban J connectivity index is 1.45. The van der Waals surface area contributed by atoms with Gasteiger partial charge in [0.25, 0.3) is 0 Å². The molecule has 0 aromatic heterocycles. The summed E-state index contributed by atoms with van der Waals surface area (Å²) in [5.74, 6) is 0.928. The lowest BCUT2D eigenvalue weighted by atomic mass is 9.97. The molecule has 29 heavy (non-hydrogen) atoms. The molecule has 0 spiro atoms. The maximum Gasteiger partial charge on any atom is 0.165 e. The molecular formula is C24H25ClN2O2. The van der Waals surface area contributed by atoms with Crippen molar-refractivity contribution >= 4 is 23.1 Å². The number of carbonyl (C=O) groups excluding carboxylic acids is 1. The maximum atomic E-state index is 12.2. The number of halogens is 1. The monoisotopic (exact) mass is 408 g/mol. The molecule has 2 atom stereocenters. The van der Waals surface area contributed by atoms with Gasteiger partial charge in [0, 0.05) is 48.2 Å². The van der Waals surface area contributed by atoms with Crippen LogP contribution in [-0.4, -0.2) is 24.0 Å². The van der Waals surface area contributed by atoms with Gasteiger partial charge < -0.3 is 9.64 Å². The number of carbonyl (C=O) groups is 1. The molecule has 2 aromatic carbocycles. The van der Waals surface area contributed by atoms with Gasteiger partial charge in [0.2, 0.25) is 0 Å². The molecule has 0 aliphatic carbocycles. The highest BCUT2D eigenvalue weighted by Gasteiger charge is 2.41. The van der Waals surface area contributed by atoms with Crippen LogP contribution in [0.1, 0.15) is 55.5 Å². The number of ether oxygens (including phenoxy) is 1. The van der Waals surface area contributed by atoms with Crippen LogP contribution in [-0.2, 0) is 0 Å². The Morgan fingerprint density at radius 3 is 2.34 bits per heavy atom. The van der Waals surface area contributed by atoms with E-state index in [9.17, 15) is 4.79 Å². The second-order valence-corrected chi connectivity index (χ2v) is 8.73. The minimum Gasteiger partial charge on any atom is -0.490 e. The number of piperidine rings is 1. The van der Waals surface area contributed by atoms with Crippen molar-refractivity contribution in [2.24, 2.45) is 5.92 Å². The molecule has 0 saturated carbocycles. The molecule has 150 valence electrons. The summed E-state index contributed by atoms with van der Waals surface area (Å²) in [7, 11) is 0. The molecule has 2 aliphatic heterocycles. The van der Waals surface area contributed by atoms with Gasteiger partial charge in [0.05, 0.1) is 10.6 Å².